The predicted molar refractivity (Wildman–Crippen MR) is 124 cm³/mol. The second-order valence-corrected chi connectivity index (χ2v) is 9.92. The fourth-order valence-corrected chi connectivity index (χ4v) is 4.22. The van der Waals surface area contributed by atoms with Gasteiger partial charge in [0.15, 0.2) is 0 Å². The van der Waals surface area contributed by atoms with Gasteiger partial charge in [-0.15, -0.1) is 12.3 Å². The highest BCUT2D eigenvalue weighted by Gasteiger charge is 2.45. The summed E-state index contributed by atoms with van der Waals surface area (Å²) >= 11 is 0. The number of carbonyl (C=O) groups excluding carboxylic acids is 1. The zero-order valence-electron chi connectivity index (χ0n) is 18.3. The molecule has 0 spiro atoms. The number of unbranched alkanes of at least 4 members (excludes halogenated alkanes) is 1. The van der Waals surface area contributed by atoms with Gasteiger partial charge in [-0.1, -0.05) is 12.1 Å². The van der Waals surface area contributed by atoms with Crippen LogP contribution in [0.5, 0.6) is 5.75 Å². The van der Waals surface area contributed by atoms with Crippen molar-refractivity contribution in [2.24, 2.45) is 0 Å². The summed E-state index contributed by atoms with van der Waals surface area (Å²) in [4.78, 5) is 30.1. The third-order valence-electron chi connectivity index (χ3n) is 5.45. The predicted octanol–water partition coefficient (Wildman–Crippen LogP) is 1.34. The largest absolute Gasteiger partial charge is 0.462 e. The molecule has 0 saturated carbocycles. The Hall–Kier alpha value is -2.48. The van der Waals surface area contributed by atoms with Crippen LogP contribution < -0.4 is 10.1 Å². The number of aliphatic hydroxyl groups excluding tert-OH is 3. The van der Waals surface area contributed by atoms with Gasteiger partial charge in [-0.25, -0.2) is 0 Å². The average Bonchev–Trinajstić information content (AvgIpc) is 2.78. The van der Waals surface area contributed by atoms with Gasteiger partial charge in [0.05, 0.1) is 12.3 Å². The monoisotopic (exact) mass is 493 g/mol. The van der Waals surface area contributed by atoms with Crippen LogP contribution in [0.3, 0.4) is 0 Å². The highest BCUT2D eigenvalue weighted by atomic mass is 31.2. The number of nitrogens with one attached hydrogen (secondary N) is 1. The number of aliphatic hydroxyl groups is 3. The summed E-state index contributed by atoms with van der Waals surface area (Å²) in [5.41, 5.74) is 0.628. The molecule has 0 aliphatic carbocycles. The number of fused-ring (bicyclic) bond motifs is 1. The maximum absolute atomic E-state index is 12.0. The van der Waals surface area contributed by atoms with Gasteiger partial charge in [-0.2, -0.15) is 0 Å². The number of anilines is 1. The van der Waals surface area contributed by atoms with E-state index in [1.165, 1.54) is 0 Å². The third-order valence-corrected chi connectivity index (χ3v) is 6.29. The zero-order chi connectivity index (χ0) is 24.9. The van der Waals surface area contributed by atoms with E-state index in [4.69, 9.17) is 25.7 Å². The number of terminal acetylenes is 1. The summed E-state index contributed by atoms with van der Waals surface area (Å²) in [7, 11) is -4.34. The molecule has 2 aromatic carbocycles. The van der Waals surface area contributed by atoms with Gasteiger partial charge in [0.2, 0.25) is 12.2 Å². The van der Waals surface area contributed by atoms with E-state index in [0.717, 1.165) is 10.8 Å². The summed E-state index contributed by atoms with van der Waals surface area (Å²) < 4.78 is 22.3. The Kier molecular flexibility index (Phi) is 8.68. The molecule has 34 heavy (non-hydrogen) atoms. The van der Waals surface area contributed by atoms with Crippen LogP contribution in [0.25, 0.3) is 10.8 Å². The molecule has 11 heteroatoms. The first kappa shape index (κ1) is 26.1. The second-order valence-electron chi connectivity index (χ2n) is 8.14. The Labute approximate surface area is 196 Å². The summed E-state index contributed by atoms with van der Waals surface area (Å²) in [5, 5.41) is 34.9. The Morgan fingerprint density at radius 1 is 1.09 bits per heavy atom. The van der Waals surface area contributed by atoms with E-state index in [-0.39, 0.29) is 12.3 Å². The standard InChI is InChI=1S/C23H28NO9P/c1-2-3-4-5-19(25)24-16-8-6-15-13-17(9-7-14(15)12-16)32-23-22(28)21(27)20(26)18(33-23)10-11-34(29,30)31/h1,6-9,12-13,18,20-23,26-28H,3-5,10-11H2,(H,24,25)(H2,29,30,31)/t18-,20-,21+,22+,23+/m1/s1. The van der Waals surface area contributed by atoms with Crippen LogP contribution in [0.1, 0.15) is 25.7 Å². The van der Waals surface area contributed by atoms with Gasteiger partial charge in [0.1, 0.15) is 24.1 Å². The number of carbonyl (C=O) groups is 1. The first-order chi connectivity index (χ1) is 16.1. The van der Waals surface area contributed by atoms with E-state index in [1.807, 2.05) is 0 Å². The minimum atomic E-state index is -4.34. The van der Waals surface area contributed by atoms with Crippen LogP contribution >= 0.6 is 7.60 Å². The highest BCUT2D eigenvalue weighted by Crippen LogP contribution is 2.37. The number of hydrogen-bond donors (Lipinski definition) is 6. The molecule has 3 rings (SSSR count). The molecule has 1 amide bonds. The Bertz CT molecular complexity index is 1100. The summed E-state index contributed by atoms with van der Waals surface area (Å²) in [6.07, 6.45) is -1.35. The number of benzene rings is 2. The molecule has 1 fully saturated rings. The Balaban J connectivity index is 1.68. The van der Waals surface area contributed by atoms with Crippen LogP contribution in [-0.4, -0.2) is 67.9 Å². The average molecular weight is 493 g/mol. The quantitative estimate of drug-likeness (QED) is 0.172. The van der Waals surface area contributed by atoms with E-state index in [0.29, 0.717) is 30.7 Å². The van der Waals surface area contributed by atoms with Crippen molar-refractivity contribution >= 4 is 30.0 Å². The molecular formula is C23H28NO9P. The Morgan fingerprint density at radius 3 is 2.50 bits per heavy atom. The van der Waals surface area contributed by atoms with Gasteiger partial charge in [-0.3, -0.25) is 9.36 Å². The van der Waals surface area contributed by atoms with Crippen LogP contribution in [0, 0.1) is 12.3 Å². The molecule has 0 radical (unpaired) electrons. The van der Waals surface area contributed by atoms with Crippen molar-refractivity contribution in [3.8, 4) is 18.1 Å². The van der Waals surface area contributed by atoms with Gasteiger partial charge in [-0.05, 0) is 47.9 Å². The number of ether oxygens (including phenoxy) is 2. The SMILES string of the molecule is C#CCCCC(=O)Nc1ccc2cc(O[C@H]3O[C@H](CCP(=O)(O)O)[C@@H](O)[C@H](O)[C@@H]3O)ccc2c1. The van der Waals surface area contributed by atoms with Crippen molar-refractivity contribution in [2.45, 2.75) is 56.4 Å². The lowest BCUT2D eigenvalue weighted by atomic mass is 9.97. The van der Waals surface area contributed by atoms with Gasteiger partial charge >= 0.3 is 7.60 Å². The van der Waals surface area contributed by atoms with Gasteiger partial charge in [0, 0.05) is 18.5 Å². The molecule has 2 aromatic rings. The maximum Gasteiger partial charge on any atom is 0.325 e. The molecule has 0 aromatic heterocycles. The molecule has 10 nitrogen and oxygen atoms in total. The summed E-state index contributed by atoms with van der Waals surface area (Å²) in [6, 6.07) is 10.3. The first-order valence-corrected chi connectivity index (χ1v) is 12.5. The van der Waals surface area contributed by atoms with Gasteiger partial charge in [0.25, 0.3) is 0 Å². The number of rotatable bonds is 9. The lowest BCUT2D eigenvalue weighted by molar-refractivity contribution is -0.272. The van der Waals surface area contributed by atoms with Crippen LogP contribution in [0.2, 0.25) is 0 Å². The van der Waals surface area contributed by atoms with E-state index < -0.39 is 44.5 Å². The Morgan fingerprint density at radius 2 is 1.79 bits per heavy atom. The third kappa shape index (κ3) is 7.01. The lowest BCUT2D eigenvalue weighted by Gasteiger charge is -2.40. The molecule has 6 N–H and O–H groups in total. The summed E-state index contributed by atoms with van der Waals surface area (Å²) in [6.45, 7) is 0. The maximum atomic E-state index is 12.0. The fraction of sp³-hybridized carbons (Fsp3) is 0.435. The molecular weight excluding hydrogens is 465 g/mol. The highest BCUT2D eigenvalue weighted by molar-refractivity contribution is 7.51. The topological polar surface area (TPSA) is 166 Å². The van der Waals surface area contributed by atoms with Crippen molar-refractivity contribution in [2.75, 3.05) is 11.5 Å². The van der Waals surface area contributed by atoms with Crippen molar-refractivity contribution in [1.29, 1.82) is 0 Å². The molecule has 0 bridgehead atoms. The zero-order valence-corrected chi connectivity index (χ0v) is 19.2. The normalized spacial score (nSPS) is 25.0. The summed E-state index contributed by atoms with van der Waals surface area (Å²) in [5.74, 6) is 2.67. The molecule has 1 saturated heterocycles. The first-order valence-electron chi connectivity index (χ1n) is 10.8. The van der Waals surface area contributed by atoms with Gasteiger partial charge < -0.3 is 39.9 Å². The van der Waals surface area contributed by atoms with E-state index in [2.05, 4.69) is 11.2 Å². The lowest BCUT2D eigenvalue weighted by Crippen LogP contribution is -2.59. The van der Waals surface area contributed by atoms with E-state index >= 15 is 0 Å². The molecule has 0 unspecified atom stereocenters. The number of amides is 1. The molecule has 5 atom stereocenters. The number of hydrogen-bond acceptors (Lipinski definition) is 7. The molecule has 1 aliphatic rings. The minimum absolute atomic E-state index is 0.132. The molecule has 1 aliphatic heterocycles. The minimum Gasteiger partial charge on any atom is -0.462 e. The van der Waals surface area contributed by atoms with Crippen molar-refractivity contribution in [1.82, 2.24) is 0 Å². The van der Waals surface area contributed by atoms with Crippen LogP contribution in [0.15, 0.2) is 36.4 Å². The van der Waals surface area contributed by atoms with Crippen molar-refractivity contribution < 1.29 is 43.9 Å². The fourth-order valence-electron chi connectivity index (χ4n) is 3.63. The smallest absolute Gasteiger partial charge is 0.325 e. The molecule has 184 valence electrons. The van der Waals surface area contributed by atoms with Crippen molar-refractivity contribution in [3.63, 3.8) is 0 Å². The second kappa shape index (κ2) is 11.3. The van der Waals surface area contributed by atoms with Crippen LogP contribution in [0.4, 0.5) is 5.69 Å². The van der Waals surface area contributed by atoms with Crippen LogP contribution in [-0.2, 0) is 14.1 Å². The van der Waals surface area contributed by atoms with E-state index in [9.17, 15) is 24.7 Å². The van der Waals surface area contributed by atoms with E-state index in [1.54, 1.807) is 36.4 Å². The molecule has 1 heterocycles. The van der Waals surface area contributed by atoms with Crippen molar-refractivity contribution in [3.05, 3.63) is 36.4 Å².